The number of nitrogens with zero attached hydrogens (tertiary/aromatic N) is 2. The maximum absolute atomic E-state index is 12.4. The highest BCUT2D eigenvalue weighted by Gasteiger charge is 2.30. The van der Waals surface area contributed by atoms with Gasteiger partial charge in [0.05, 0.1) is 12.6 Å². The Hall–Kier alpha value is -1.06. The van der Waals surface area contributed by atoms with Crippen molar-refractivity contribution in [2.75, 3.05) is 20.1 Å². The van der Waals surface area contributed by atoms with Crippen molar-refractivity contribution >= 4 is 17.5 Å². The van der Waals surface area contributed by atoms with E-state index in [9.17, 15) is 4.79 Å². The SMILES string of the molecule is CCN(CC(=O)N(C)C(C)c1ccc(Cl)cc1)C1CC1. The fraction of sp³-hybridized carbons (Fsp3) is 0.562. The van der Waals surface area contributed by atoms with Crippen LogP contribution in [0.3, 0.4) is 0 Å². The van der Waals surface area contributed by atoms with Gasteiger partial charge in [-0.2, -0.15) is 0 Å². The lowest BCUT2D eigenvalue weighted by Gasteiger charge is -2.28. The number of carbonyl (C=O) groups excluding carboxylic acids is 1. The number of likely N-dealkylation sites (N-methyl/N-ethyl adjacent to an activating group) is 2. The molecular formula is C16H23ClN2O. The zero-order chi connectivity index (χ0) is 14.7. The topological polar surface area (TPSA) is 23.6 Å². The summed E-state index contributed by atoms with van der Waals surface area (Å²) < 4.78 is 0. The standard InChI is InChI=1S/C16H23ClN2O/c1-4-19(15-9-10-15)11-16(20)18(3)12(2)13-5-7-14(17)8-6-13/h5-8,12,15H,4,9-11H2,1-3H3. The molecule has 1 aromatic carbocycles. The van der Waals surface area contributed by atoms with Crippen molar-refractivity contribution in [1.29, 1.82) is 0 Å². The highest BCUT2D eigenvalue weighted by atomic mass is 35.5. The van der Waals surface area contributed by atoms with Gasteiger partial charge in [-0.15, -0.1) is 0 Å². The van der Waals surface area contributed by atoms with E-state index >= 15 is 0 Å². The third kappa shape index (κ3) is 3.74. The summed E-state index contributed by atoms with van der Waals surface area (Å²) in [5, 5.41) is 0.723. The maximum Gasteiger partial charge on any atom is 0.237 e. The van der Waals surface area contributed by atoms with E-state index in [1.807, 2.05) is 36.2 Å². The van der Waals surface area contributed by atoms with Crippen LogP contribution in [0.2, 0.25) is 5.02 Å². The summed E-state index contributed by atoms with van der Waals surface area (Å²) in [7, 11) is 1.88. The van der Waals surface area contributed by atoms with Gasteiger partial charge < -0.3 is 4.90 Å². The van der Waals surface area contributed by atoms with Crippen LogP contribution in [-0.2, 0) is 4.79 Å². The molecule has 0 saturated heterocycles. The molecule has 1 fully saturated rings. The molecule has 3 nitrogen and oxygen atoms in total. The fourth-order valence-electron chi connectivity index (χ4n) is 2.40. The quantitative estimate of drug-likeness (QED) is 0.803. The Bertz CT molecular complexity index is 456. The van der Waals surface area contributed by atoms with E-state index in [1.165, 1.54) is 12.8 Å². The number of rotatable bonds is 6. The van der Waals surface area contributed by atoms with Crippen molar-refractivity contribution < 1.29 is 4.79 Å². The van der Waals surface area contributed by atoms with Crippen LogP contribution in [0.1, 0.15) is 38.3 Å². The van der Waals surface area contributed by atoms with Crippen molar-refractivity contribution in [1.82, 2.24) is 9.80 Å². The first-order valence-corrected chi connectivity index (χ1v) is 7.66. The Morgan fingerprint density at radius 1 is 1.35 bits per heavy atom. The predicted octanol–water partition coefficient (Wildman–Crippen LogP) is 3.34. The molecule has 1 saturated carbocycles. The van der Waals surface area contributed by atoms with Crippen LogP contribution in [0.15, 0.2) is 24.3 Å². The molecule has 110 valence electrons. The van der Waals surface area contributed by atoms with Crippen molar-refractivity contribution in [3.63, 3.8) is 0 Å². The largest absolute Gasteiger partial charge is 0.338 e. The summed E-state index contributed by atoms with van der Waals surface area (Å²) >= 11 is 5.90. The molecule has 20 heavy (non-hydrogen) atoms. The van der Waals surface area contributed by atoms with Crippen LogP contribution in [0.5, 0.6) is 0 Å². The van der Waals surface area contributed by atoms with Gasteiger partial charge in [-0.05, 0) is 44.0 Å². The van der Waals surface area contributed by atoms with Crippen LogP contribution < -0.4 is 0 Å². The summed E-state index contributed by atoms with van der Waals surface area (Å²) in [6, 6.07) is 8.40. The van der Waals surface area contributed by atoms with Gasteiger partial charge in [-0.25, -0.2) is 0 Å². The first kappa shape index (κ1) is 15.3. The molecule has 0 aromatic heterocycles. The first-order chi connectivity index (χ1) is 9.52. The summed E-state index contributed by atoms with van der Waals surface area (Å²) in [6.45, 7) is 5.64. The Morgan fingerprint density at radius 3 is 2.45 bits per heavy atom. The smallest absolute Gasteiger partial charge is 0.237 e. The molecule has 1 amide bonds. The van der Waals surface area contributed by atoms with Gasteiger partial charge in [-0.1, -0.05) is 30.7 Å². The van der Waals surface area contributed by atoms with Gasteiger partial charge in [-0.3, -0.25) is 9.69 Å². The second-order valence-corrected chi connectivity index (χ2v) is 5.96. The van der Waals surface area contributed by atoms with E-state index < -0.39 is 0 Å². The number of hydrogen-bond acceptors (Lipinski definition) is 2. The number of carbonyl (C=O) groups is 1. The average molecular weight is 295 g/mol. The second kappa shape index (κ2) is 6.59. The molecule has 0 spiro atoms. The van der Waals surface area contributed by atoms with Crippen LogP contribution in [-0.4, -0.2) is 41.9 Å². The van der Waals surface area contributed by atoms with E-state index in [-0.39, 0.29) is 11.9 Å². The maximum atomic E-state index is 12.4. The van der Waals surface area contributed by atoms with Crippen LogP contribution in [0.25, 0.3) is 0 Å². The van der Waals surface area contributed by atoms with E-state index in [1.54, 1.807) is 0 Å². The van der Waals surface area contributed by atoms with Crippen molar-refractivity contribution in [3.8, 4) is 0 Å². The zero-order valence-electron chi connectivity index (χ0n) is 12.5. The number of amides is 1. The van der Waals surface area contributed by atoms with Gasteiger partial charge >= 0.3 is 0 Å². The van der Waals surface area contributed by atoms with Gasteiger partial charge in [0.2, 0.25) is 5.91 Å². The Labute approximate surface area is 126 Å². The molecule has 0 heterocycles. The molecule has 1 aliphatic carbocycles. The van der Waals surface area contributed by atoms with Crippen LogP contribution in [0.4, 0.5) is 0 Å². The summed E-state index contributed by atoms with van der Waals surface area (Å²) in [6.07, 6.45) is 2.47. The number of hydrogen-bond donors (Lipinski definition) is 0. The van der Waals surface area contributed by atoms with Crippen molar-refractivity contribution in [2.45, 2.75) is 38.8 Å². The van der Waals surface area contributed by atoms with Gasteiger partial charge in [0.1, 0.15) is 0 Å². The normalized spacial score (nSPS) is 16.2. The van der Waals surface area contributed by atoms with Crippen LogP contribution in [0, 0.1) is 0 Å². The van der Waals surface area contributed by atoms with Crippen molar-refractivity contribution in [2.24, 2.45) is 0 Å². The number of halogens is 1. The lowest BCUT2D eigenvalue weighted by Crippen LogP contribution is -2.40. The second-order valence-electron chi connectivity index (χ2n) is 5.53. The molecule has 1 aliphatic rings. The molecule has 0 N–H and O–H groups in total. The lowest BCUT2D eigenvalue weighted by molar-refractivity contribution is -0.133. The molecule has 0 aliphatic heterocycles. The lowest BCUT2D eigenvalue weighted by atomic mass is 10.1. The van der Waals surface area contributed by atoms with Gasteiger partial charge in [0.15, 0.2) is 0 Å². The molecule has 0 radical (unpaired) electrons. The van der Waals surface area contributed by atoms with E-state index in [0.717, 1.165) is 17.1 Å². The molecule has 1 atom stereocenters. The van der Waals surface area contributed by atoms with Crippen LogP contribution >= 0.6 is 11.6 Å². The molecule has 4 heteroatoms. The molecule has 1 unspecified atom stereocenters. The molecule has 0 bridgehead atoms. The van der Waals surface area contributed by atoms with E-state index in [4.69, 9.17) is 11.6 Å². The highest BCUT2D eigenvalue weighted by molar-refractivity contribution is 6.30. The van der Waals surface area contributed by atoms with Gasteiger partial charge in [0, 0.05) is 18.1 Å². The monoisotopic (exact) mass is 294 g/mol. The Balaban J connectivity index is 1.96. The predicted molar refractivity (Wildman–Crippen MR) is 82.9 cm³/mol. The van der Waals surface area contributed by atoms with E-state index in [2.05, 4.69) is 18.7 Å². The molecular weight excluding hydrogens is 272 g/mol. The Kier molecular flexibility index (Phi) is 5.06. The third-order valence-electron chi connectivity index (χ3n) is 4.13. The minimum Gasteiger partial charge on any atom is -0.338 e. The fourth-order valence-corrected chi connectivity index (χ4v) is 2.53. The summed E-state index contributed by atoms with van der Waals surface area (Å²) in [5.74, 6) is 0.182. The first-order valence-electron chi connectivity index (χ1n) is 7.28. The zero-order valence-corrected chi connectivity index (χ0v) is 13.2. The van der Waals surface area contributed by atoms with E-state index in [0.29, 0.717) is 12.6 Å². The molecule has 2 rings (SSSR count). The minimum absolute atomic E-state index is 0.0673. The summed E-state index contributed by atoms with van der Waals surface area (Å²) in [5.41, 5.74) is 1.11. The minimum atomic E-state index is 0.0673. The van der Waals surface area contributed by atoms with Crippen molar-refractivity contribution in [3.05, 3.63) is 34.9 Å². The molecule has 1 aromatic rings. The average Bonchev–Trinajstić information content (AvgIpc) is 3.28. The van der Waals surface area contributed by atoms with Gasteiger partial charge in [0.25, 0.3) is 0 Å². The Morgan fingerprint density at radius 2 is 1.95 bits per heavy atom. The summed E-state index contributed by atoms with van der Waals surface area (Å²) in [4.78, 5) is 16.5. The highest BCUT2D eigenvalue weighted by Crippen LogP contribution is 2.27. The number of benzene rings is 1. The third-order valence-corrected chi connectivity index (χ3v) is 4.39.